The lowest BCUT2D eigenvalue weighted by atomic mass is 9.97. The fourth-order valence-electron chi connectivity index (χ4n) is 4.12. The third-order valence-electron chi connectivity index (χ3n) is 5.74. The van der Waals surface area contributed by atoms with Crippen LogP contribution in [0, 0.1) is 0 Å². The van der Waals surface area contributed by atoms with Crippen LogP contribution in [0.3, 0.4) is 0 Å². The molecule has 1 aromatic heterocycles. The SMILES string of the molecule is CC(=O)N1CCC[C@@H](c2nnc3n2CCN(C(=O)COc2ccccc2)CC3)C1. The molecule has 3 heterocycles. The summed E-state index contributed by atoms with van der Waals surface area (Å²) in [7, 11) is 0. The van der Waals surface area contributed by atoms with Gasteiger partial charge in [-0.15, -0.1) is 10.2 Å². The zero-order valence-electron chi connectivity index (χ0n) is 16.8. The van der Waals surface area contributed by atoms with Crippen LogP contribution in [0.15, 0.2) is 30.3 Å². The highest BCUT2D eigenvalue weighted by Crippen LogP contribution is 2.27. The van der Waals surface area contributed by atoms with Crippen molar-refractivity contribution in [3.05, 3.63) is 42.0 Å². The molecular formula is C21H27N5O3. The zero-order valence-corrected chi connectivity index (χ0v) is 16.8. The van der Waals surface area contributed by atoms with Gasteiger partial charge in [-0.05, 0) is 25.0 Å². The highest BCUT2D eigenvalue weighted by Gasteiger charge is 2.29. The summed E-state index contributed by atoms with van der Waals surface area (Å²) in [6.07, 6.45) is 2.66. The number of hydrogen-bond acceptors (Lipinski definition) is 5. The maximum absolute atomic E-state index is 12.6. The monoisotopic (exact) mass is 397 g/mol. The van der Waals surface area contributed by atoms with E-state index in [0.717, 1.165) is 31.0 Å². The molecule has 2 amide bonds. The summed E-state index contributed by atoms with van der Waals surface area (Å²) in [5.41, 5.74) is 0. The predicted molar refractivity (Wildman–Crippen MR) is 106 cm³/mol. The summed E-state index contributed by atoms with van der Waals surface area (Å²) >= 11 is 0. The number of ether oxygens (including phenoxy) is 1. The molecule has 0 N–H and O–H groups in total. The second-order valence-electron chi connectivity index (χ2n) is 7.66. The molecule has 0 radical (unpaired) electrons. The Hall–Kier alpha value is -2.90. The van der Waals surface area contributed by atoms with Crippen molar-refractivity contribution in [3.8, 4) is 5.75 Å². The molecule has 1 aromatic carbocycles. The summed E-state index contributed by atoms with van der Waals surface area (Å²) in [6, 6.07) is 9.38. The van der Waals surface area contributed by atoms with Crippen molar-refractivity contribution in [3.63, 3.8) is 0 Å². The molecule has 1 atom stereocenters. The molecule has 154 valence electrons. The van der Waals surface area contributed by atoms with Gasteiger partial charge >= 0.3 is 0 Å². The van der Waals surface area contributed by atoms with E-state index in [1.165, 1.54) is 0 Å². The quantitative estimate of drug-likeness (QED) is 0.780. The summed E-state index contributed by atoms with van der Waals surface area (Å²) < 4.78 is 7.76. The van der Waals surface area contributed by atoms with Gasteiger partial charge in [-0.25, -0.2) is 0 Å². The standard InChI is InChI=1S/C21H27N5O3/c1-16(27)25-10-5-6-17(14-25)21-23-22-19-9-11-24(12-13-26(19)21)20(28)15-29-18-7-3-2-4-8-18/h2-4,7-8,17H,5-6,9-15H2,1H3/t17-/m1/s1. The highest BCUT2D eigenvalue weighted by molar-refractivity contribution is 5.77. The molecule has 0 bridgehead atoms. The fraction of sp³-hybridized carbons (Fsp3) is 0.524. The molecule has 1 fully saturated rings. The number of carbonyl (C=O) groups excluding carboxylic acids is 2. The van der Waals surface area contributed by atoms with Gasteiger partial charge in [0.15, 0.2) is 6.61 Å². The molecule has 29 heavy (non-hydrogen) atoms. The van der Waals surface area contributed by atoms with Crippen LogP contribution in [0.5, 0.6) is 5.75 Å². The van der Waals surface area contributed by atoms with Crippen LogP contribution in [0.1, 0.15) is 37.3 Å². The molecule has 2 aliphatic heterocycles. The summed E-state index contributed by atoms with van der Waals surface area (Å²) in [5, 5.41) is 8.84. The van der Waals surface area contributed by atoms with Gasteiger partial charge in [0.05, 0.1) is 0 Å². The topological polar surface area (TPSA) is 80.6 Å². The van der Waals surface area contributed by atoms with E-state index in [4.69, 9.17) is 4.74 Å². The Morgan fingerprint density at radius 1 is 1.07 bits per heavy atom. The molecule has 0 spiro atoms. The average Bonchev–Trinajstić information content (AvgIpc) is 3.04. The third-order valence-corrected chi connectivity index (χ3v) is 5.74. The van der Waals surface area contributed by atoms with Gasteiger partial charge in [-0.1, -0.05) is 18.2 Å². The van der Waals surface area contributed by atoms with Crippen LogP contribution >= 0.6 is 0 Å². The van der Waals surface area contributed by atoms with Crippen LogP contribution in [0.2, 0.25) is 0 Å². The number of rotatable bonds is 4. The third kappa shape index (κ3) is 4.41. The Labute approximate surface area is 170 Å². The molecule has 2 aliphatic rings. The van der Waals surface area contributed by atoms with Crippen molar-refractivity contribution in [1.29, 1.82) is 0 Å². The second kappa shape index (κ2) is 8.63. The summed E-state index contributed by atoms with van der Waals surface area (Å²) in [6.45, 7) is 5.06. The number of fused-ring (bicyclic) bond motifs is 1. The molecule has 2 aromatic rings. The minimum atomic E-state index is -0.0189. The van der Waals surface area contributed by atoms with Gasteiger partial charge in [-0.2, -0.15) is 0 Å². The number of hydrogen-bond donors (Lipinski definition) is 0. The summed E-state index contributed by atoms with van der Waals surface area (Å²) in [5.74, 6) is 2.86. The lowest BCUT2D eigenvalue weighted by molar-refractivity contribution is -0.133. The lowest BCUT2D eigenvalue weighted by Crippen LogP contribution is -2.39. The zero-order chi connectivity index (χ0) is 20.2. The van der Waals surface area contributed by atoms with Crippen molar-refractivity contribution < 1.29 is 14.3 Å². The minimum absolute atomic E-state index is 0.0189. The number of nitrogens with zero attached hydrogens (tertiary/aromatic N) is 5. The van der Waals surface area contributed by atoms with E-state index >= 15 is 0 Å². The van der Waals surface area contributed by atoms with Crippen molar-refractivity contribution >= 4 is 11.8 Å². The van der Waals surface area contributed by atoms with Crippen LogP contribution < -0.4 is 4.74 Å². The Morgan fingerprint density at radius 3 is 2.69 bits per heavy atom. The molecule has 8 nitrogen and oxygen atoms in total. The Kier molecular flexibility index (Phi) is 5.78. The molecule has 4 rings (SSSR count). The largest absolute Gasteiger partial charge is 0.484 e. The normalized spacial score (nSPS) is 19.4. The smallest absolute Gasteiger partial charge is 0.260 e. The fourth-order valence-corrected chi connectivity index (χ4v) is 4.12. The first-order chi connectivity index (χ1) is 14.1. The maximum Gasteiger partial charge on any atom is 0.260 e. The first kappa shape index (κ1) is 19.4. The van der Waals surface area contributed by atoms with Crippen LogP contribution in [-0.2, 0) is 22.6 Å². The first-order valence-electron chi connectivity index (χ1n) is 10.2. The van der Waals surface area contributed by atoms with Gasteiger partial charge < -0.3 is 19.1 Å². The van der Waals surface area contributed by atoms with E-state index in [-0.39, 0.29) is 24.3 Å². The molecule has 1 saturated heterocycles. The molecule has 0 saturated carbocycles. The number of likely N-dealkylation sites (tertiary alicyclic amines) is 1. The highest BCUT2D eigenvalue weighted by atomic mass is 16.5. The molecular weight excluding hydrogens is 370 g/mol. The molecule has 0 unspecified atom stereocenters. The predicted octanol–water partition coefficient (Wildman–Crippen LogP) is 1.47. The number of aromatic nitrogens is 3. The number of amides is 2. The van der Waals surface area contributed by atoms with Crippen molar-refractivity contribution in [2.24, 2.45) is 0 Å². The first-order valence-corrected chi connectivity index (χ1v) is 10.2. The van der Waals surface area contributed by atoms with E-state index < -0.39 is 0 Å². The van der Waals surface area contributed by atoms with Crippen molar-refractivity contribution in [2.75, 3.05) is 32.8 Å². The average molecular weight is 397 g/mol. The Bertz CT molecular complexity index is 866. The van der Waals surface area contributed by atoms with Crippen LogP contribution in [0.4, 0.5) is 0 Å². The van der Waals surface area contributed by atoms with E-state index in [9.17, 15) is 9.59 Å². The summed E-state index contributed by atoms with van der Waals surface area (Å²) in [4.78, 5) is 28.1. The minimum Gasteiger partial charge on any atom is -0.484 e. The van der Waals surface area contributed by atoms with Crippen LogP contribution in [-0.4, -0.2) is 69.2 Å². The lowest BCUT2D eigenvalue weighted by Gasteiger charge is -2.31. The van der Waals surface area contributed by atoms with Gasteiger partial charge in [-0.3, -0.25) is 9.59 Å². The van der Waals surface area contributed by atoms with Crippen molar-refractivity contribution in [2.45, 2.75) is 38.6 Å². The number of benzene rings is 1. The maximum atomic E-state index is 12.6. The van der Waals surface area contributed by atoms with Gasteiger partial charge in [0.2, 0.25) is 5.91 Å². The van der Waals surface area contributed by atoms with Gasteiger partial charge in [0.25, 0.3) is 5.91 Å². The van der Waals surface area contributed by atoms with Crippen molar-refractivity contribution in [1.82, 2.24) is 24.6 Å². The van der Waals surface area contributed by atoms with E-state index in [2.05, 4.69) is 14.8 Å². The van der Waals surface area contributed by atoms with E-state index in [1.807, 2.05) is 40.1 Å². The number of carbonyl (C=O) groups is 2. The van der Waals surface area contributed by atoms with E-state index in [0.29, 0.717) is 38.3 Å². The second-order valence-corrected chi connectivity index (χ2v) is 7.66. The number of para-hydroxylation sites is 1. The molecule has 8 heteroatoms. The Balaban J connectivity index is 1.38. The van der Waals surface area contributed by atoms with Crippen LogP contribution in [0.25, 0.3) is 0 Å². The van der Waals surface area contributed by atoms with E-state index in [1.54, 1.807) is 6.92 Å². The molecule has 0 aliphatic carbocycles. The Morgan fingerprint density at radius 2 is 1.90 bits per heavy atom. The van der Waals surface area contributed by atoms with Gasteiger partial charge in [0, 0.05) is 52.0 Å². The van der Waals surface area contributed by atoms with Gasteiger partial charge in [0.1, 0.15) is 17.4 Å². The number of piperidine rings is 1.